The molecule has 0 N–H and O–H groups in total. The molecule has 0 spiro atoms. The van der Waals surface area contributed by atoms with Crippen molar-refractivity contribution in [1.29, 1.82) is 0 Å². The van der Waals surface area contributed by atoms with Crippen molar-refractivity contribution >= 4 is 28.9 Å². The highest BCUT2D eigenvalue weighted by atomic mass is 16.5. The molecule has 0 unspecified atom stereocenters. The van der Waals surface area contributed by atoms with Gasteiger partial charge in [-0.1, -0.05) is 18.2 Å². The Labute approximate surface area is 150 Å². The van der Waals surface area contributed by atoms with Crippen LogP contribution in [0.1, 0.15) is 40.3 Å². The third-order valence-corrected chi connectivity index (χ3v) is 3.72. The van der Waals surface area contributed by atoms with Gasteiger partial charge in [-0.05, 0) is 44.5 Å². The van der Waals surface area contributed by atoms with Gasteiger partial charge >= 0.3 is 5.97 Å². The van der Waals surface area contributed by atoms with Gasteiger partial charge in [0.25, 0.3) is 0 Å². The summed E-state index contributed by atoms with van der Waals surface area (Å²) in [5.41, 5.74) is 2.71. The maximum absolute atomic E-state index is 12.2. The molecule has 0 saturated carbocycles. The molecule has 2 aromatic heterocycles. The number of esters is 1. The molecule has 0 fully saturated rings. The number of pyridine rings is 1. The largest absolute Gasteiger partial charge is 0.461 e. The number of hydrogen-bond acceptors (Lipinski definition) is 6. The van der Waals surface area contributed by atoms with Crippen molar-refractivity contribution in [2.24, 2.45) is 10.2 Å². The highest BCUT2D eigenvalue weighted by molar-refractivity contribution is 5.95. The number of imidazole rings is 1. The average Bonchev–Trinajstić information content (AvgIpc) is 2.98. The second-order valence-electron chi connectivity index (χ2n) is 5.75. The highest BCUT2D eigenvalue weighted by Crippen LogP contribution is 2.26. The maximum atomic E-state index is 12.2. The third kappa shape index (κ3) is 3.51. The number of Topliss-reactive ketones (excluding diaryl/α,β-unsaturated/α-hetero) is 1. The molecular weight excluding hydrogens is 332 g/mol. The van der Waals surface area contributed by atoms with Gasteiger partial charge in [0.1, 0.15) is 5.65 Å². The van der Waals surface area contributed by atoms with Crippen LogP contribution >= 0.6 is 0 Å². The van der Waals surface area contributed by atoms with Crippen molar-refractivity contribution in [3.8, 4) is 0 Å². The van der Waals surface area contributed by atoms with E-state index in [9.17, 15) is 9.59 Å². The summed E-state index contributed by atoms with van der Waals surface area (Å²) in [7, 11) is 0. The van der Waals surface area contributed by atoms with Gasteiger partial charge in [-0.25, -0.2) is 9.78 Å². The normalized spacial score (nSPS) is 11.2. The van der Waals surface area contributed by atoms with Crippen molar-refractivity contribution in [2.75, 3.05) is 6.61 Å². The zero-order valence-electron chi connectivity index (χ0n) is 14.8. The van der Waals surface area contributed by atoms with Crippen LogP contribution in [0.3, 0.4) is 0 Å². The summed E-state index contributed by atoms with van der Waals surface area (Å²) in [6, 6.07) is 10.5. The van der Waals surface area contributed by atoms with Gasteiger partial charge in [0.2, 0.25) is 0 Å². The summed E-state index contributed by atoms with van der Waals surface area (Å²) in [5.74, 6) is -0.324. The number of nitrogens with zero attached hydrogens (tertiary/aromatic N) is 4. The van der Waals surface area contributed by atoms with E-state index < -0.39 is 5.97 Å². The van der Waals surface area contributed by atoms with Crippen molar-refractivity contribution in [1.82, 2.24) is 9.38 Å². The summed E-state index contributed by atoms with van der Waals surface area (Å²) in [5, 5.41) is 8.40. The molecule has 0 aliphatic rings. The molecule has 2 heterocycles. The molecule has 0 saturated heterocycles. The van der Waals surface area contributed by atoms with Crippen LogP contribution < -0.4 is 0 Å². The van der Waals surface area contributed by atoms with E-state index in [0.717, 1.165) is 5.56 Å². The number of carbonyl (C=O) groups excluding carboxylic acids is 2. The fourth-order valence-electron chi connectivity index (χ4n) is 2.46. The molecule has 7 heteroatoms. The minimum absolute atomic E-state index is 0.0558. The molecule has 0 bridgehead atoms. The number of aromatic nitrogens is 2. The van der Waals surface area contributed by atoms with E-state index in [1.165, 1.54) is 6.92 Å². The lowest BCUT2D eigenvalue weighted by Crippen LogP contribution is -2.05. The van der Waals surface area contributed by atoms with E-state index >= 15 is 0 Å². The minimum Gasteiger partial charge on any atom is -0.461 e. The first-order valence-corrected chi connectivity index (χ1v) is 8.18. The molecule has 0 atom stereocenters. The van der Waals surface area contributed by atoms with Gasteiger partial charge in [0, 0.05) is 11.8 Å². The van der Waals surface area contributed by atoms with Gasteiger partial charge in [-0.15, -0.1) is 10.2 Å². The molecule has 3 rings (SSSR count). The van der Waals surface area contributed by atoms with Crippen LogP contribution in [0.25, 0.3) is 5.65 Å². The van der Waals surface area contributed by atoms with Gasteiger partial charge in [0.05, 0.1) is 12.3 Å². The quantitative estimate of drug-likeness (QED) is 0.387. The Balaban J connectivity index is 2.09. The molecule has 0 radical (unpaired) electrons. The molecular formula is C19H18N4O3. The second kappa shape index (κ2) is 7.26. The molecule has 7 nitrogen and oxygen atoms in total. The lowest BCUT2D eigenvalue weighted by Gasteiger charge is -2.01. The van der Waals surface area contributed by atoms with Crippen LogP contribution in [-0.4, -0.2) is 27.7 Å². The van der Waals surface area contributed by atoms with Crippen LogP contribution in [-0.2, 0) is 4.74 Å². The number of benzene rings is 1. The number of hydrogen-bond donors (Lipinski definition) is 0. The maximum Gasteiger partial charge on any atom is 0.360 e. The monoisotopic (exact) mass is 350 g/mol. The summed E-state index contributed by atoms with van der Waals surface area (Å²) >= 11 is 0. The van der Waals surface area contributed by atoms with E-state index in [1.807, 2.05) is 19.2 Å². The molecule has 0 aliphatic carbocycles. The topological polar surface area (TPSA) is 85.4 Å². The van der Waals surface area contributed by atoms with Gasteiger partial charge in [-0.2, -0.15) is 0 Å². The van der Waals surface area contributed by atoms with E-state index in [-0.39, 0.29) is 23.9 Å². The first-order chi connectivity index (χ1) is 12.5. The zero-order chi connectivity index (χ0) is 18.7. The third-order valence-electron chi connectivity index (χ3n) is 3.72. The lowest BCUT2D eigenvalue weighted by molar-refractivity contribution is 0.0521. The van der Waals surface area contributed by atoms with Crippen molar-refractivity contribution in [3.63, 3.8) is 0 Å². The lowest BCUT2D eigenvalue weighted by atomic mass is 10.1. The van der Waals surface area contributed by atoms with Gasteiger partial charge in [0.15, 0.2) is 17.3 Å². The molecule has 132 valence electrons. The summed E-state index contributed by atoms with van der Waals surface area (Å²) in [6.07, 6.45) is 1.82. The van der Waals surface area contributed by atoms with Crippen LogP contribution in [0.4, 0.5) is 11.5 Å². The number of ether oxygens (including phenoxy) is 1. The van der Waals surface area contributed by atoms with E-state index in [1.54, 1.807) is 41.7 Å². The van der Waals surface area contributed by atoms with E-state index in [0.29, 0.717) is 16.9 Å². The number of fused-ring (bicyclic) bond motifs is 1. The highest BCUT2D eigenvalue weighted by Gasteiger charge is 2.20. The summed E-state index contributed by atoms with van der Waals surface area (Å²) in [4.78, 5) is 28.1. The predicted molar refractivity (Wildman–Crippen MR) is 96.5 cm³/mol. The zero-order valence-corrected chi connectivity index (χ0v) is 14.8. The smallest absolute Gasteiger partial charge is 0.360 e. The Bertz CT molecular complexity index is 1020. The Kier molecular flexibility index (Phi) is 4.88. The first kappa shape index (κ1) is 17.5. The average molecular weight is 350 g/mol. The van der Waals surface area contributed by atoms with Gasteiger partial charge < -0.3 is 4.74 Å². The molecule has 26 heavy (non-hydrogen) atoms. The van der Waals surface area contributed by atoms with Crippen molar-refractivity contribution in [3.05, 3.63) is 59.4 Å². The Morgan fingerprint density at radius 1 is 1.19 bits per heavy atom. The number of azo groups is 1. The Hall–Kier alpha value is -3.35. The molecule has 3 aromatic rings. The SMILES string of the molecule is CCOC(=O)c1nc2ccc(C)cn2c1N=Nc1cccc(C(C)=O)c1. The van der Waals surface area contributed by atoms with Crippen molar-refractivity contribution in [2.45, 2.75) is 20.8 Å². The van der Waals surface area contributed by atoms with Gasteiger partial charge in [-0.3, -0.25) is 9.20 Å². The van der Waals surface area contributed by atoms with E-state index in [2.05, 4.69) is 15.2 Å². The number of ketones is 1. The number of rotatable bonds is 5. The van der Waals surface area contributed by atoms with Crippen LogP contribution in [0.15, 0.2) is 52.8 Å². The number of carbonyl (C=O) groups is 2. The van der Waals surface area contributed by atoms with Crippen LogP contribution in [0.5, 0.6) is 0 Å². The fraction of sp³-hybridized carbons (Fsp3) is 0.211. The molecule has 0 amide bonds. The number of aryl methyl sites for hydroxylation is 1. The molecule has 0 aliphatic heterocycles. The Morgan fingerprint density at radius 3 is 2.73 bits per heavy atom. The predicted octanol–water partition coefficient (Wildman–Crippen LogP) is 4.44. The van der Waals surface area contributed by atoms with Crippen LogP contribution in [0.2, 0.25) is 0 Å². The molecule has 1 aromatic carbocycles. The Morgan fingerprint density at radius 2 is 2.00 bits per heavy atom. The summed E-state index contributed by atoms with van der Waals surface area (Å²) < 4.78 is 6.76. The first-order valence-electron chi connectivity index (χ1n) is 8.18. The standard InChI is InChI=1S/C19H18N4O3/c1-4-26-19(25)17-18(23-11-12(2)8-9-16(23)20-17)22-21-15-7-5-6-14(10-15)13(3)24/h5-11H,4H2,1-3H3. The van der Waals surface area contributed by atoms with Crippen molar-refractivity contribution < 1.29 is 14.3 Å². The second-order valence-corrected chi connectivity index (χ2v) is 5.75. The minimum atomic E-state index is -0.555. The summed E-state index contributed by atoms with van der Waals surface area (Å²) in [6.45, 7) is 5.39. The van der Waals surface area contributed by atoms with Crippen LogP contribution in [0, 0.1) is 6.92 Å². The fourth-order valence-corrected chi connectivity index (χ4v) is 2.46. The van der Waals surface area contributed by atoms with E-state index in [4.69, 9.17) is 4.74 Å².